The van der Waals surface area contributed by atoms with Gasteiger partial charge in [0, 0.05) is 18.3 Å². The predicted octanol–water partition coefficient (Wildman–Crippen LogP) is 2.75. The fourth-order valence-corrected chi connectivity index (χ4v) is 3.00. The molecular formula is C14H20N4. The zero-order chi connectivity index (χ0) is 13.2. The molecule has 4 heteroatoms. The van der Waals surface area contributed by atoms with Crippen LogP contribution in [0, 0.1) is 17.2 Å². The summed E-state index contributed by atoms with van der Waals surface area (Å²) in [6.45, 7) is 7.75. The van der Waals surface area contributed by atoms with Crippen molar-refractivity contribution in [1.29, 1.82) is 5.26 Å². The van der Waals surface area contributed by atoms with Gasteiger partial charge in [-0.25, -0.2) is 9.97 Å². The fourth-order valence-electron chi connectivity index (χ4n) is 3.00. The third-order valence-electron chi connectivity index (χ3n) is 3.60. The predicted molar refractivity (Wildman–Crippen MR) is 71.2 cm³/mol. The van der Waals surface area contributed by atoms with Crippen molar-refractivity contribution in [2.75, 3.05) is 11.4 Å². The van der Waals surface area contributed by atoms with Crippen LogP contribution in [0.1, 0.15) is 45.7 Å². The first-order valence-corrected chi connectivity index (χ1v) is 6.56. The van der Waals surface area contributed by atoms with Crippen molar-refractivity contribution in [2.24, 2.45) is 5.92 Å². The van der Waals surface area contributed by atoms with E-state index in [0.29, 0.717) is 17.6 Å². The number of rotatable bonds is 3. The van der Waals surface area contributed by atoms with Gasteiger partial charge in [-0.15, -0.1) is 0 Å². The van der Waals surface area contributed by atoms with Gasteiger partial charge in [0.1, 0.15) is 11.8 Å². The van der Waals surface area contributed by atoms with Crippen molar-refractivity contribution >= 4 is 5.95 Å². The van der Waals surface area contributed by atoms with Crippen LogP contribution < -0.4 is 4.90 Å². The van der Waals surface area contributed by atoms with E-state index in [4.69, 9.17) is 5.26 Å². The van der Waals surface area contributed by atoms with E-state index in [9.17, 15) is 0 Å². The summed E-state index contributed by atoms with van der Waals surface area (Å²) < 4.78 is 0. The zero-order valence-corrected chi connectivity index (χ0v) is 11.3. The molecule has 2 rings (SSSR count). The summed E-state index contributed by atoms with van der Waals surface area (Å²) in [7, 11) is 0. The lowest BCUT2D eigenvalue weighted by Gasteiger charge is -2.36. The molecule has 1 unspecified atom stereocenters. The van der Waals surface area contributed by atoms with Gasteiger partial charge in [-0.05, 0) is 38.2 Å². The van der Waals surface area contributed by atoms with Crippen LogP contribution in [0.4, 0.5) is 5.95 Å². The van der Waals surface area contributed by atoms with E-state index >= 15 is 0 Å². The largest absolute Gasteiger partial charge is 0.335 e. The number of hydrogen-bond donors (Lipinski definition) is 0. The van der Waals surface area contributed by atoms with Crippen LogP contribution in [-0.2, 0) is 0 Å². The van der Waals surface area contributed by atoms with Crippen molar-refractivity contribution in [1.82, 2.24) is 9.97 Å². The minimum Gasteiger partial charge on any atom is -0.335 e. The second-order valence-corrected chi connectivity index (χ2v) is 5.70. The SMILES string of the molecule is CC(C)CC1(C)CCCN1c1nccc(C#N)n1. The molecule has 0 bridgehead atoms. The molecule has 0 aromatic carbocycles. The minimum absolute atomic E-state index is 0.127. The van der Waals surface area contributed by atoms with Gasteiger partial charge in [0.25, 0.3) is 0 Å². The van der Waals surface area contributed by atoms with Gasteiger partial charge in [0.15, 0.2) is 0 Å². The highest BCUT2D eigenvalue weighted by Crippen LogP contribution is 2.36. The Morgan fingerprint density at radius 1 is 1.56 bits per heavy atom. The van der Waals surface area contributed by atoms with Gasteiger partial charge < -0.3 is 4.90 Å². The first kappa shape index (κ1) is 12.8. The highest BCUT2D eigenvalue weighted by Gasteiger charge is 2.38. The smallest absolute Gasteiger partial charge is 0.227 e. The molecule has 0 N–H and O–H groups in total. The average molecular weight is 244 g/mol. The number of hydrogen-bond acceptors (Lipinski definition) is 4. The van der Waals surface area contributed by atoms with Crippen LogP contribution in [0.3, 0.4) is 0 Å². The molecule has 1 aliphatic heterocycles. The molecule has 1 fully saturated rings. The standard InChI is InChI=1S/C14H20N4/c1-11(2)9-14(3)6-4-8-18(14)13-16-7-5-12(10-15)17-13/h5,7,11H,4,6,8-9H2,1-3H3. The molecule has 18 heavy (non-hydrogen) atoms. The van der Waals surface area contributed by atoms with E-state index in [-0.39, 0.29) is 5.54 Å². The van der Waals surface area contributed by atoms with Gasteiger partial charge >= 0.3 is 0 Å². The van der Waals surface area contributed by atoms with E-state index < -0.39 is 0 Å². The maximum absolute atomic E-state index is 8.92. The van der Waals surface area contributed by atoms with Crippen molar-refractivity contribution in [3.8, 4) is 6.07 Å². The van der Waals surface area contributed by atoms with Crippen molar-refractivity contribution in [3.63, 3.8) is 0 Å². The van der Waals surface area contributed by atoms with Gasteiger partial charge in [-0.1, -0.05) is 13.8 Å². The Hall–Kier alpha value is -1.63. The molecule has 1 aromatic heterocycles. The Labute approximate surface area is 109 Å². The van der Waals surface area contributed by atoms with E-state index in [2.05, 4.69) is 41.7 Å². The van der Waals surface area contributed by atoms with Gasteiger partial charge in [-0.2, -0.15) is 5.26 Å². The van der Waals surface area contributed by atoms with Crippen LogP contribution in [0.2, 0.25) is 0 Å². The van der Waals surface area contributed by atoms with Crippen molar-refractivity contribution in [3.05, 3.63) is 18.0 Å². The number of aromatic nitrogens is 2. The first-order chi connectivity index (χ1) is 8.55. The summed E-state index contributed by atoms with van der Waals surface area (Å²) in [5.74, 6) is 1.35. The van der Waals surface area contributed by atoms with Crippen LogP contribution in [0.15, 0.2) is 12.3 Å². The highest BCUT2D eigenvalue weighted by molar-refractivity contribution is 5.39. The minimum atomic E-state index is 0.127. The van der Waals surface area contributed by atoms with Crippen LogP contribution in [0.5, 0.6) is 0 Å². The van der Waals surface area contributed by atoms with E-state index in [1.807, 2.05) is 0 Å². The highest BCUT2D eigenvalue weighted by atomic mass is 15.3. The van der Waals surface area contributed by atoms with Crippen molar-refractivity contribution in [2.45, 2.75) is 45.6 Å². The Kier molecular flexibility index (Phi) is 3.51. The molecule has 1 saturated heterocycles. The Morgan fingerprint density at radius 2 is 2.33 bits per heavy atom. The number of nitriles is 1. The summed E-state index contributed by atoms with van der Waals surface area (Å²) in [5, 5.41) is 8.92. The monoisotopic (exact) mass is 244 g/mol. The molecule has 96 valence electrons. The molecule has 0 saturated carbocycles. The third kappa shape index (κ3) is 2.45. The van der Waals surface area contributed by atoms with Crippen LogP contribution >= 0.6 is 0 Å². The molecule has 1 aliphatic rings. The molecule has 0 radical (unpaired) electrons. The summed E-state index contributed by atoms with van der Waals surface area (Å²) in [4.78, 5) is 10.9. The molecule has 0 amide bonds. The summed E-state index contributed by atoms with van der Waals surface area (Å²) in [5.41, 5.74) is 0.571. The Balaban J connectivity index is 2.28. The van der Waals surface area contributed by atoms with Gasteiger partial charge in [0.2, 0.25) is 5.95 Å². The molecule has 1 atom stereocenters. The maximum Gasteiger partial charge on any atom is 0.227 e. The van der Waals surface area contributed by atoms with E-state index in [1.165, 1.54) is 12.8 Å². The summed E-state index contributed by atoms with van der Waals surface area (Å²) in [6, 6.07) is 3.73. The topological polar surface area (TPSA) is 52.8 Å². The second kappa shape index (κ2) is 4.93. The Morgan fingerprint density at radius 3 is 3.00 bits per heavy atom. The van der Waals surface area contributed by atoms with Gasteiger partial charge in [0.05, 0.1) is 0 Å². The normalized spacial score (nSPS) is 23.4. The van der Waals surface area contributed by atoms with Crippen molar-refractivity contribution < 1.29 is 0 Å². The maximum atomic E-state index is 8.92. The summed E-state index contributed by atoms with van der Waals surface area (Å²) >= 11 is 0. The molecular weight excluding hydrogens is 224 g/mol. The second-order valence-electron chi connectivity index (χ2n) is 5.70. The van der Waals surface area contributed by atoms with Crippen LogP contribution in [-0.4, -0.2) is 22.1 Å². The van der Waals surface area contributed by atoms with Gasteiger partial charge in [-0.3, -0.25) is 0 Å². The summed E-state index contributed by atoms with van der Waals surface area (Å²) in [6.07, 6.45) is 5.15. The van der Waals surface area contributed by atoms with E-state index in [1.54, 1.807) is 12.3 Å². The molecule has 0 aliphatic carbocycles. The fraction of sp³-hybridized carbons (Fsp3) is 0.643. The lowest BCUT2D eigenvalue weighted by atomic mass is 9.88. The number of nitrogens with zero attached hydrogens (tertiary/aromatic N) is 4. The first-order valence-electron chi connectivity index (χ1n) is 6.56. The quantitative estimate of drug-likeness (QED) is 0.820. The molecule has 2 heterocycles. The van der Waals surface area contributed by atoms with Crippen LogP contribution in [0.25, 0.3) is 0 Å². The van der Waals surface area contributed by atoms with E-state index in [0.717, 1.165) is 13.0 Å². The average Bonchev–Trinajstić information content (AvgIpc) is 2.69. The molecule has 4 nitrogen and oxygen atoms in total. The molecule has 0 spiro atoms. The number of anilines is 1. The Bertz CT molecular complexity index is 463. The molecule has 1 aromatic rings. The lowest BCUT2D eigenvalue weighted by molar-refractivity contribution is 0.366. The lowest BCUT2D eigenvalue weighted by Crippen LogP contribution is -2.43. The third-order valence-corrected chi connectivity index (χ3v) is 3.60. The zero-order valence-electron chi connectivity index (χ0n) is 11.3.